The molecule has 3 heterocycles. The van der Waals surface area contributed by atoms with E-state index in [0.29, 0.717) is 40.0 Å². The average Bonchev–Trinajstić information content (AvgIpc) is 3.52. The first-order valence-electron chi connectivity index (χ1n) is 10.3. The van der Waals surface area contributed by atoms with Crippen LogP contribution in [-0.2, 0) is 0 Å². The van der Waals surface area contributed by atoms with E-state index in [1.165, 1.54) is 0 Å². The molecule has 0 saturated heterocycles. The van der Waals surface area contributed by atoms with E-state index in [-0.39, 0.29) is 11.8 Å². The second kappa shape index (κ2) is 8.74. The van der Waals surface area contributed by atoms with Crippen LogP contribution in [-0.4, -0.2) is 53.0 Å². The summed E-state index contributed by atoms with van der Waals surface area (Å²) in [6, 6.07) is 12.9. The lowest BCUT2D eigenvalue weighted by molar-refractivity contribution is 0.324. The van der Waals surface area contributed by atoms with Crippen molar-refractivity contribution in [2.24, 2.45) is 0 Å². The highest BCUT2D eigenvalue weighted by Crippen LogP contribution is 2.41. The van der Waals surface area contributed by atoms with Crippen LogP contribution in [0.5, 0.6) is 23.0 Å². The summed E-state index contributed by atoms with van der Waals surface area (Å²) in [5, 5.41) is 8.58. The summed E-state index contributed by atoms with van der Waals surface area (Å²) < 4.78 is 29.5. The van der Waals surface area contributed by atoms with Crippen LogP contribution in [0, 0.1) is 0 Å². The lowest BCUT2D eigenvalue weighted by atomic mass is 10.1. The zero-order chi connectivity index (χ0) is 23.7. The molecule has 5 aromatic rings. The molecule has 2 aromatic carbocycles. The van der Waals surface area contributed by atoms with E-state index in [2.05, 4.69) is 15.2 Å². The molecule has 0 saturated carbocycles. The topological polar surface area (TPSA) is 106 Å². The number of nitrogens with zero attached hydrogens (tertiary/aromatic N) is 5. The fraction of sp³-hybridized carbons (Fsp3) is 0.167. The maximum atomic E-state index is 6.11. The number of hydrogen-bond donors (Lipinski definition) is 0. The van der Waals surface area contributed by atoms with E-state index < -0.39 is 0 Å². The van der Waals surface area contributed by atoms with Crippen molar-refractivity contribution in [2.45, 2.75) is 0 Å². The molecule has 0 aliphatic carbocycles. The molecule has 0 aliphatic rings. The van der Waals surface area contributed by atoms with E-state index in [1.807, 2.05) is 40.9 Å². The van der Waals surface area contributed by atoms with Gasteiger partial charge in [-0.05, 0) is 42.5 Å². The SMILES string of the molecule is COc1ccc(-c2nc3ncccn3c2-c2nnc(-c3cc(OC)c(OC)c(OC)c3)o2)cc1. The summed E-state index contributed by atoms with van der Waals surface area (Å²) in [5.41, 5.74) is 2.75. The summed E-state index contributed by atoms with van der Waals surface area (Å²) in [6.45, 7) is 0. The van der Waals surface area contributed by atoms with Crippen LogP contribution in [0.1, 0.15) is 0 Å². The molecule has 0 aliphatic heterocycles. The van der Waals surface area contributed by atoms with Crippen molar-refractivity contribution in [3.05, 3.63) is 54.9 Å². The fourth-order valence-electron chi connectivity index (χ4n) is 3.68. The smallest absolute Gasteiger partial charge is 0.267 e. The minimum absolute atomic E-state index is 0.286. The third-order valence-electron chi connectivity index (χ3n) is 5.31. The molecule has 172 valence electrons. The van der Waals surface area contributed by atoms with Gasteiger partial charge in [-0.25, -0.2) is 9.97 Å². The number of fused-ring (bicyclic) bond motifs is 1. The van der Waals surface area contributed by atoms with E-state index in [4.69, 9.17) is 28.3 Å². The number of benzene rings is 2. The van der Waals surface area contributed by atoms with Crippen molar-refractivity contribution in [1.82, 2.24) is 24.6 Å². The maximum absolute atomic E-state index is 6.11. The predicted molar refractivity (Wildman–Crippen MR) is 123 cm³/mol. The molecule has 10 nitrogen and oxygen atoms in total. The second-order valence-corrected chi connectivity index (χ2v) is 7.15. The van der Waals surface area contributed by atoms with Gasteiger partial charge in [0.25, 0.3) is 5.89 Å². The highest BCUT2D eigenvalue weighted by Gasteiger charge is 2.23. The molecule has 0 atom stereocenters. The Morgan fingerprint density at radius 1 is 0.794 bits per heavy atom. The molecule has 3 aromatic heterocycles. The van der Waals surface area contributed by atoms with Crippen LogP contribution >= 0.6 is 0 Å². The molecule has 0 amide bonds. The van der Waals surface area contributed by atoms with Crippen LogP contribution in [0.2, 0.25) is 0 Å². The summed E-state index contributed by atoms with van der Waals surface area (Å²) >= 11 is 0. The quantitative estimate of drug-likeness (QED) is 0.355. The molecule has 0 unspecified atom stereocenters. The van der Waals surface area contributed by atoms with E-state index in [9.17, 15) is 0 Å². The Morgan fingerprint density at radius 2 is 1.50 bits per heavy atom. The van der Waals surface area contributed by atoms with E-state index in [0.717, 1.165) is 11.3 Å². The Balaban J connectivity index is 1.65. The molecule has 5 rings (SSSR count). The minimum Gasteiger partial charge on any atom is -0.497 e. The Labute approximate surface area is 194 Å². The van der Waals surface area contributed by atoms with Crippen LogP contribution in [0.4, 0.5) is 0 Å². The number of hydrogen-bond acceptors (Lipinski definition) is 9. The summed E-state index contributed by atoms with van der Waals surface area (Å²) in [7, 11) is 6.27. The van der Waals surface area contributed by atoms with Gasteiger partial charge in [0.15, 0.2) is 11.5 Å². The van der Waals surface area contributed by atoms with Gasteiger partial charge in [0.1, 0.15) is 17.1 Å². The molecular formula is C24H21N5O5. The lowest BCUT2D eigenvalue weighted by Crippen LogP contribution is -1.95. The Bertz CT molecular complexity index is 1430. The molecule has 0 N–H and O–H groups in total. The normalized spacial score (nSPS) is 10.9. The lowest BCUT2D eigenvalue weighted by Gasteiger charge is -2.12. The molecule has 0 spiro atoms. The first-order valence-corrected chi connectivity index (χ1v) is 10.3. The standard InChI is InChI=1S/C24H21N5O5/c1-30-16-8-6-14(7-9-16)19-20(29-11-5-10-25-24(29)26-19)23-28-27-22(34-23)15-12-17(31-2)21(33-4)18(13-15)32-3/h5-13H,1-4H3. The molecular weight excluding hydrogens is 438 g/mol. The van der Waals surface area contributed by atoms with Gasteiger partial charge >= 0.3 is 0 Å². The second-order valence-electron chi connectivity index (χ2n) is 7.15. The zero-order valence-corrected chi connectivity index (χ0v) is 19.0. The van der Waals surface area contributed by atoms with Gasteiger partial charge in [-0.2, -0.15) is 0 Å². The first kappa shape index (κ1) is 21.3. The van der Waals surface area contributed by atoms with Gasteiger partial charge in [0.05, 0.1) is 28.4 Å². The Hall–Kier alpha value is -4.60. The number of rotatable bonds is 7. The van der Waals surface area contributed by atoms with Crippen LogP contribution in [0.3, 0.4) is 0 Å². The predicted octanol–water partition coefficient (Wildman–Crippen LogP) is 4.15. The first-order chi connectivity index (χ1) is 16.7. The third kappa shape index (κ3) is 3.54. The highest BCUT2D eigenvalue weighted by molar-refractivity contribution is 5.78. The highest BCUT2D eigenvalue weighted by atomic mass is 16.5. The molecule has 0 fully saturated rings. The van der Waals surface area contributed by atoms with Crippen molar-refractivity contribution in [1.29, 1.82) is 0 Å². The average molecular weight is 459 g/mol. The van der Waals surface area contributed by atoms with Gasteiger partial charge in [0, 0.05) is 23.5 Å². The van der Waals surface area contributed by atoms with Crippen molar-refractivity contribution in [2.75, 3.05) is 28.4 Å². The van der Waals surface area contributed by atoms with Gasteiger partial charge in [0.2, 0.25) is 17.4 Å². The van der Waals surface area contributed by atoms with Crippen LogP contribution in [0.15, 0.2) is 59.3 Å². The molecule has 0 radical (unpaired) electrons. The van der Waals surface area contributed by atoms with Gasteiger partial charge in [-0.1, -0.05) is 0 Å². The van der Waals surface area contributed by atoms with E-state index in [1.54, 1.807) is 46.8 Å². The number of methoxy groups -OCH3 is 4. The van der Waals surface area contributed by atoms with Gasteiger partial charge < -0.3 is 23.4 Å². The number of imidazole rings is 1. The monoisotopic (exact) mass is 459 g/mol. The summed E-state index contributed by atoms with van der Waals surface area (Å²) in [4.78, 5) is 9.07. The fourth-order valence-corrected chi connectivity index (χ4v) is 3.68. The molecule has 34 heavy (non-hydrogen) atoms. The largest absolute Gasteiger partial charge is 0.497 e. The number of ether oxygens (including phenoxy) is 4. The molecule has 0 bridgehead atoms. The number of aromatic nitrogens is 5. The molecule has 10 heteroatoms. The van der Waals surface area contributed by atoms with Crippen molar-refractivity contribution in [3.8, 4) is 57.3 Å². The van der Waals surface area contributed by atoms with Crippen molar-refractivity contribution >= 4 is 5.78 Å². The van der Waals surface area contributed by atoms with Gasteiger partial charge in [-0.3, -0.25) is 4.40 Å². The Kier molecular flexibility index (Phi) is 5.46. The zero-order valence-electron chi connectivity index (χ0n) is 19.0. The third-order valence-corrected chi connectivity index (χ3v) is 5.31. The maximum Gasteiger partial charge on any atom is 0.267 e. The van der Waals surface area contributed by atoms with Crippen LogP contribution < -0.4 is 18.9 Å². The van der Waals surface area contributed by atoms with Crippen LogP contribution in [0.25, 0.3) is 40.1 Å². The van der Waals surface area contributed by atoms with Gasteiger partial charge in [-0.15, -0.1) is 10.2 Å². The minimum atomic E-state index is 0.286. The van der Waals surface area contributed by atoms with Crippen molar-refractivity contribution in [3.63, 3.8) is 0 Å². The Morgan fingerprint density at radius 3 is 2.15 bits per heavy atom. The summed E-state index contributed by atoms with van der Waals surface area (Å²) in [5.74, 6) is 3.27. The summed E-state index contributed by atoms with van der Waals surface area (Å²) in [6.07, 6.45) is 3.53. The van der Waals surface area contributed by atoms with Crippen molar-refractivity contribution < 1.29 is 23.4 Å². The van der Waals surface area contributed by atoms with E-state index >= 15 is 0 Å².